The van der Waals surface area contributed by atoms with Gasteiger partial charge in [-0.1, -0.05) is 0 Å². The Labute approximate surface area is 113 Å². The molecular weight excluding hydrogens is 238 g/mol. The van der Waals surface area contributed by atoms with Gasteiger partial charge in [-0.3, -0.25) is 0 Å². The molecule has 0 amide bonds. The Hall–Kier alpha value is -1.55. The van der Waals surface area contributed by atoms with Crippen LogP contribution in [0.1, 0.15) is 20.3 Å². The van der Waals surface area contributed by atoms with E-state index in [4.69, 9.17) is 4.42 Å². The van der Waals surface area contributed by atoms with E-state index < -0.39 is 0 Å². The molecule has 0 saturated carbocycles. The number of anilines is 1. The number of aromatic nitrogens is 1. The van der Waals surface area contributed by atoms with E-state index in [2.05, 4.69) is 29.0 Å². The van der Waals surface area contributed by atoms with E-state index >= 15 is 0 Å². The highest BCUT2D eigenvalue weighted by molar-refractivity contribution is 5.87. The lowest BCUT2D eigenvalue weighted by molar-refractivity contribution is 0.266. The van der Waals surface area contributed by atoms with Gasteiger partial charge < -0.3 is 14.6 Å². The molecule has 1 N–H and O–H groups in total. The van der Waals surface area contributed by atoms with Crippen molar-refractivity contribution in [2.24, 2.45) is 5.92 Å². The van der Waals surface area contributed by atoms with Gasteiger partial charge in [-0.25, -0.2) is 4.98 Å². The van der Waals surface area contributed by atoms with Crippen LogP contribution in [0.25, 0.3) is 11.0 Å². The van der Waals surface area contributed by atoms with Crippen molar-refractivity contribution < 1.29 is 4.42 Å². The minimum Gasteiger partial charge on any atom is -0.464 e. The number of furan rings is 1. The molecule has 19 heavy (non-hydrogen) atoms. The van der Waals surface area contributed by atoms with E-state index in [1.807, 2.05) is 12.1 Å². The molecule has 1 unspecified atom stereocenters. The molecule has 0 radical (unpaired) electrons. The minimum absolute atomic E-state index is 0.653. The van der Waals surface area contributed by atoms with E-state index in [0.717, 1.165) is 23.3 Å². The maximum absolute atomic E-state index is 5.39. The van der Waals surface area contributed by atoms with Gasteiger partial charge in [0.1, 0.15) is 11.4 Å². The molecule has 2 aromatic rings. The molecule has 3 heterocycles. The summed E-state index contributed by atoms with van der Waals surface area (Å²) in [5.74, 6) is 1.65. The number of hydrogen-bond acceptors (Lipinski definition) is 4. The van der Waals surface area contributed by atoms with Gasteiger partial charge in [0.25, 0.3) is 0 Å². The van der Waals surface area contributed by atoms with Crippen LogP contribution in [0.2, 0.25) is 0 Å². The lowest BCUT2D eigenvalue weighted by Crippen LogP contribution is -2.29. The maximum atomic E-state index is 5.39. The molecule has 1 fully saturated rings. The Morgan fingerprint density at radius 2 is 2.37 bits per heavy atom. The fourth-order valence-electron chi connectivity index (χ4n) is 2.77. The molecule has 1 aliphatic rings. The first kappa shape index (κ1) is 12.5. The summed E-state index contributed by atoms with van der Waals surface area (Å²) in [4.78, 5) is 6.95. The van der Waals surface area contributed by atoms with Crippen molar-refractivity contribution in [1.29, 1.82) is 0 Å². The molecule has 2 aromatic heterocycles. The highest BCUT2D eigenvalue weighted by Crippen LogP contribution is 2.23. The molecule has 3 rings (SSSR count). The highest BCUT2D eigenvalue weighted by Gasteiger charge is 2.24. The number of likely N-dealkylation sites (tertiary alicyclic amines) is 1. The van der Waals surface area contributed by atoms with Gasteiger partial charge in [0, 0.05) is 25.3 Å². The second-order valence-electron chi connectivity index (χ2n) is 5.62. The van der Waals surface area contributed by atoms with Gasteiger partial charge in [-0.15, -0.1) is 0 Å². The predicted molar refractivity (Wildman–Crippen MR) is 77.3 cm³/mol. The smallest absolute Gasteiger partial charge is 0.139 e. The summed E-state index contributed by atoms with van der Waals surface area (Å²) in [7, 11) is 0. The van der Waals surface area contributed by atoms with E-state index in [-0.39, 0.29) is 0 Å². The molecule has 0 aromatic carbocycles. The largest absolute Gasteiger partial charge is 0.464 e. The van der Waals surface area contributed by atoms with Crippen LogP contribution in [0, 0.1) is 5.92 Å². The van der Waals surface area contributed by atoms with Crippen LogP contribution in [-0.4, -0.2) is 35.6 Å². The van der Waals surface area contributed by atoms with E-state index in [1.54, 1.807) is 12.5 Å². The number of fused-ring (bicyclic) bond motifs is 1. The third-order valence-electron chi connectivity index (χ3n) is 3.99. The molecule has 102 valence electrons. The topological polar surface area (TPSA) is 41.3 Å². The van der Waals surface area contributed by atoms with Crippen molar-refractivity contribution in [3.63, 3.8) is 0 Å². The van der Waals surface area contributed by atoms with Crippen LogP contribution in [0.15, 0.2) is 29.0 Å². The fraction of sp³-hybridized carbons (Fsp3) is 0.533. The van der Waals surface area contributed by atoms with Gasteiger partial charge in [-0.2, -0.15) is 0 Å². The second-order valence-corrected chi connectivity index (χ2v) is 5.62. The van der Waals surface area contributed by atoms with Crippen molar-refractivity contribution in [1.82, 2.24) is 9.88 Å². The zero-order chi connectivity index (χ0) is 13.2. The van der Waals surface area contributed by atoms with Crippen molar-refractivity contribution >= 4 is 16.8 Å². The first-order valence-electron chi connectivity index (χ1n) is 7.04. The zero-order valence-corrected chi connectivity index (χ0v) is 11.6. The molecular formula is C15H21N3O. The van der Waals surface area contributed by atoms with Gasteiger partial charge in [-0.05, 0) is 44.9 Å². The summed E-state index contributed by atoms with van der Waals surface area (Å²) in [5.41, 5.74) is 0.896. The third-order valence-corrected chi connectivity index (χ3v) is 3.99. The zero-order valence-electron chi connectivity index (χ0n) is 11.6. The van der Waals surface area contributed by atoms with Gasteiger partial charge >= 0.3 is 0 Å². The number of nitrogens with one attached hydrogen (secondary N) is 1. The summed E-state index contributed by atoms with van der Waals surface area (Å²) >= 11 is 0. The van der Waals surface area contributed by atoms with Crippen molar-refractivity contribution in [2.75, 3.05) is 25.0 Å². The SMILES string of the molecule is CC(C)N1CCC(CNc2nccc3occc23)C1. The number of hydrogen-bond donors (Lipinski definition) is 1. The predicted octanol–water partition coefficient (Wildman–Crippen LogP) is 2.97. The van der Waals surface area contributed by atoms with Crippen LogP contribution < -0.4 is 5.32 Å². The summed E-state index contributed by atoms with van der Waals surface area (Å²) in [6.45, 7) is 7.92. The Bertz CT molecular complexity index is 549. The Balaban J connectivity index is 1.62. The summed E-state index contributed by atoms with van der Waals surface area (Å²) in [6, 6.07) is 4.52. The fourth-order valence-corrected chi connectivity index (χ4v) is 2.77. The molecule has 0 spiro atoms. The summed E-state index contributed by atoms with van der Waals surface area (Å²) in [5, 5.41) is 4.55. The van der Waals surface area contributed by atoms with Crippen LogP contribution in [0.4, 0.5) is 5.82 Å². The molecule has 4 nitrogen and oxygen atoms in total. The molecule has 4 heteroatoms. The molecule has 0 bridgehead atoms. The first-order chi connectivity index (χ1) is 9.24. The van der Waals surface area contributed by atoms with Crippen molar-refractivity contribution in [2.45, 2.75) is 26.3 Å². The molecule has 1 saturated heterocycles. The Morgan fingerprint density at radius 3 is 3.16 bits per heavy atom. The molecule has 0 aliphatic carbocycles. The summed E-state index contributed by atoms with van der Waals surface area (Å²) in [6.07, 6.45) is 4.78. The average molecular weight is 259 g/mol. The average Bonchev–Trinajstić information content (AvgIpc) is 3.05. The number of nitrogens with zero attached hydrogens (tertiary/aromatic N) is 2. The van der Waals surface area contributed by atoms with Crippen LogP contribution in [0.5, 0.6) is 0 Å². The highest BCUT2D eigenvalue weighted by atomic mass is 16.3. The minimum atomic E-state index is 0.653. The van der Waals surface area contributed by atoms with Gasteiger partial charge in [0.05, 0.1) is 11.6 Å². The normalized spacial score (nSPS) is 20.5. The Morgan fingerprint density at radius 1 is 1.47 bits per heavy atom. The van der Waals surface area contributed by atoms with Crippen LogP contribution in [0.3, 0.4) is 0 Å². The monoisotopic (exact) mass is 259 g/mol. The lowest BCUT2D eigenvalue weighted by atomic mass is 10.1. The first-order valence-corrected chi connectivity index (χ1v) is 7.04. The van der Waals surface area contributed by atoms with E-state index in [1.165, 1.54) is 19.5 Å². The standard InChI is InChI=1S/C15H21N3O/c1-11(2)18-7-4-12(10-18)9-17-15-13-5-8-19-14(13)3-6-16-15/h3,5-6,8,11-12H,4,7,9-10H2,1-2H3,(H,16,17). The van der Waals surface area contributed by atoms with Gasteiger partial charge in [0.2, 0.25) is 0 Å². The van der Waals surface area contributed by atoms with Crippen LogP contribution in [-0.2, 0) is 0 Å². The van der Waals surface area contributed by atoms with Crippen molar-refractivity contribution in [3.05, 3.63) is 24.6 Å². The number of rotatable bonds is 4. The lowest BCUT2D eigenvalue weighted by Gasteiger charge is -2.20. The Kier molecular flexibility index (Phi) is 3.42. The third kappa shape index (κ3) is 2.59. The van der Waals surface area contributed by atoms with E-state index in [9.17, 15) is 0 Å². The summed E-state index contributed by atoms with van der Waals surface area (Å²) < 4.78 is 5.39. The number of pyridine rings is 1. The molecule has 1 aliphatic heterocycles. The quantitative estimate of drug-likeness (QED) is 0.916. The molecule has 1 atom stereocenters. The van der Waals surface area contributed by atoms with Crippen molar-refractivity contribution in [3.8, 4) is 0 Å². The maximum Gasteiger partial charge on any atom is 0.139 e. The van der Waals surface area contributed by atoms with Crippen LogP contribution >= 0.6 is 0 Å². The second kappa shape index (κ2) is 5.21. The van der Waals surface area contributed by atoms with Gasteiger partial charge in [0.15, 0.2) is 0 Å². The van der Waals surface area contributed by atoms with E-state index in [0.29, 0.717) is 12.0 Å².